The van der Waals surface area contributed by atoms with E-state index in [-0.39, 0.29) is 36.0 Å². The molecule has 0 unspecified atom stereocenters. The van der Waals surface area contributed by atoms with Crippen LogP contribution in [0.25, 0.3) is 0 Å². The first-order chi connectivity index (χ1) is 13.4. The van der Waals surface area contributed by atoms with Crippen molar-refractivity contribution in [2.75, 3.05) is 13.1 Å². The quantitative estimate of drug-likeness (QED) is 0.799. The van der Waals surface area contributed by atoms with Crippen molar-refractivity contribution in [3.05, 3.63) is 70.8 Å². The first-order valence-corrected chi connectivity index (χ1v) is 9.49. The number of nitrogens with zero attached hydrogens (tertiary/aromatic N) is 2. The third-order valence-corrected chi connectivity index (χ3v) is 5.25. The summed E-state index contributed by atoms with van der Waals surface area (Å²) in [5, 5.41) is 0. The Morgan fingerprint density at radius 3 is 2.50 bits per heavy atom. The molecule has 1 aliphatic rings. The first kappa shape index (κ1) is 20.0. The van der Waals surface area contributed by atoms with Gasteiger partial charge in [-0.15, -0.1) is 0 Å². The molecular formula is C22H24F2N2O2. The Balaban J connectivity index is 1.83. The summed E-state index contributed by atoms with van der Waals surface area (Å²) in [7, 11) is 0. The van der Waals surface area contributed by atoms with Crippen molar-refractivity contribution in [2.45, 2.75) is 39.3 Å². The molecule has 1 saturated heterocycles. The molecule has 148 valence electrons. The molecule has 0 spiro atoms. The minimum atomic E-state index is -1.13. The van der Waals surface area contributed by atoms with Gasteiger partial charge in [-0.05, 0) is 30.5 Å². The largest absolute Gasteiger partial charge is 0.336 e. The smallest absolute Gasteiger partial charge is 0.257 e. The van der Waals surface area contributed by atoms with E-state index in [1.807, 2.05) is 37.3 Å². The van der Waals surface area contributed by atoms with Crippen molar-refractivity contribution in [3.63, 3.8) is 0 Å². The normalized spacial score (nSPS) is 17.6. The molecule has 28 heavy (non-hydrogen) atoms. The minimum Gasteiger partial charge on any atom is -0.336 e. The number of benzene rings is 2. The van der Waals surface area contributed by atoms with Crippen LogP contribution in [0.15, 0.2) is 42.5 Å². The van der Waals surface area contributed by atoms with Gasteiger partial charge in [0.25, 0.3) is 5.91 Å². The second-order valence-corrected chi connectivity index (χ2v) is 7.13. The highest BCUT2D eigenvalue weighted by Gasteiger charge is 2.32. The van der Waals surface area contributed by atoms with Gasteiger partial charge >= 0.3 is 0 Å². The van der Waals surface area contributed by atoms with Crippen LogP contribution >= 0.6 is 0 Å². The Labute approximate surface area is 163 Å². The lowest BCUT2D eigenvalue weighted by atomic mass is 10.1. The van der Waals surface area contributed by atoms with E-state index < -0.39 is 17.5 Å². The molecule has 2 aromatic carbocycles. The molecule has 6 heteroatoms. The topological polar surface area (TPSA) is 40.6 Å². The van der Waals surface area contributed by atoms with E-state index in [1.165, 1.54) is 24.0 Å². The van der Waals surface area contributed by atoms with Crippen molar-refractivity contribution in [3.8, 4) is 0 Å². The molecule has 2 amide bonds. The highest BCUT2D eigenvalue weighted by Crippen LogP contribution is 2.22. The van der Waals surface area contributed by atoms with E-state index in [2.05, 4.69) is 0 Å². The molecule has 1 heterocycles. The van der Waals surface area contributed by atoms with E-state index in [0.717, 1.165) is 5.56 Å². The second-order valence-electron chi connectivity index (χ2n) is 7.13. The Morgan fingerprint density at radius 1 is 1.11 bits per heavy atom. The lowest BCUT2D eigenvalue weighted by Crippen LogP contribution is -2.44. The zero-order chi connectivity index (χ0) is 20.3. The van der Waals surface area contributed by atoms with Gasteiger partial charge < -0.3 is 9.80 Å². The Bertz CT molecular complexity index is 870. The number of hydrogen-bond acceptors (Lipinski definition) is 2. The fraction of sp³-hybridized carbons (Fsp3) is 0.364. The molecule has 1 fully saturated rings. The average molecular weight is 386 g/mol. The molecule has 0 aliphatic carbocycles. The van der Waals surface area contributed by atoms with Crippen molar-refractivity contribution in [2.24, 2.45) is 0 Å². The fourth-order valence-electron chi connectivity index (χ4n) is 3.53. The van der Waals surface area contributed by atoms with Gasteiger partial charge in [0.2, 0.25) is 5.91 Å². The van der Waals surface area contributed by atoms with E-state index in [1.54, 1.807) is 4.90 Å². The number of amides is 2. The van der Waals surface area contributed by atoms with Gasteiger partial charge in [0, 0.05) is 32.1 Å². The Hall–Kier alpha value is -2.76. The summed E-state index contributed by atoms with van der Waals surface area (Å²) < 4.78 is 28.2. The van der Waals surface area contributed by atoms with Crippen molar-refractivity contribution >= 4 is 11.8 Å². The van der Waals surface area contributed by atoms with Gasteiger partial charge in [0.15, 0.2) is 11.6 Å². The molecule has 0 bridgehead atoms. The molecule has 2 aromatic rings. The summed E-state index contributed by atoms with van der Waals surface area (Å²) in [5.74, 6) is -2.75. The van der Waals surface area contributed by atoms with Gasteiger partial charge in [-0.25, -0.2) is 8.78 Å². The SMILES string of the molecule is CC[C@H]1CN(C(=O)c2ccc(C)c(F)c2F)CCC(=O)N1Cc1ccccc1. The predicted molar refractivity (Wildman–Crippen MR) is 103 cm³/mol. The van der Waals surface area contributed by atoms with Crippen LogP contribution in [0.1, 0.15) is 41.3 Å². The summed E-state index contributed by atoms with van der Waals surface area (Å²) in [5.41, 5.74) is 0.878. The molecule has 1 atom stereocenters. The number of halogens is 2. The zero-order valence-corrected chi connectivity index (χ0v) is 16.1. The van der Waals surface area contributed by atoms with E-state index in [0.29, 0.717) is 19.5 Å². The van der Waals surface area contributed by atoms with Crippen LogP contribution in [0.5, 0.6) is 0 Å². The molecule has 0 radical (unpaired) electrons. The molecule has 3 rings (SSSR count). The summed E-state index contributed by atoms with van der Waals surface area (Å²) in [6.45, 7) is 4.35. The standard InChI is InChI=1S/C22H24F2N2O2/c1-3-17-14-25(22(28)18-10-9-15(2)20(23)21(18)24)12-11-19(27)26(17)13-16-7-5-4-6-8-16/h4-10,17H,3,11-14H2,1-2H3/t17-/m0/s1. The van der Waals surface area contributed by atoms with Crippen LogP contribution in [0.3, 0.4) is 0 Å². The van der Waals surface area contributed by atoms with Crippen LogP contribution < -0.4 is 0 Å². The predicted octanol–water partition coefficient (Wildman–Crippen LogP) is 3.93. The van der Waals surface area contributed by atoms with Gasteiger partial charge in [-0.2, -0.15) is 0 Å². The first-order valence-electron chi connectivity index (χ1n) is 9.49. The van der Waals surface area contributed by atoms with Gasteiger partial charge in [0.05, 0.1) is 5.56 Å². The molecular weight excluding hydrogens is 362 g/mol. The molecule has 0 aromatic heterocycles. The van der Waals surface area contributed by atoms with Gasteiger partial charge in [0.1, 0.15) is 0 Å². The maximum absolute atomic E-state index is 14.3. The third-order valence-electron chi connectivity index (χ3n) is 5.25. The molecule has 0 N–H and O–H groups in total. The molecule has 4 nitrogen and oxygen atoms in total. The van der Waals surface area contributed by atoms with Crippen molar-refractivity contribution in [1.82, 2.24) is 9.80 Å². The number of rotatable bonds is 4. The van der Waals surface area contributed by atoms with Crippen LogP contribution in [0, 0.1) is 18.6 Å². The number of carbonyl (C=O) groups excluding carboxylic acids is 2. The number of hydrogen-bond donors (Lipinski definition) is 0. The van der Waals surface area contributed by atoms with Crippen LogP contribution in [-0.4, -0.2) is 40.7 Å². The maximum Gasteiger partial charge on any atom is 0.257 e. The number of carbonyl (C=O) groups is 2. The van der Waals surface area contributed by atoms with E-state index in [9.17, 15) is 18.4 Å². The summed E-state index contributed by atoms with van der Waals surface area (Å²) in [6, 6.07) is 12.2. The monoisotopic (exact) mass is 386 g/mol. The van der Waals surface area contributed by atoms with Crippen molar-refractivity contribution < 1.29 is 18.4 Å². The Morgan fingerprint density at radius 2 is 1.82 bits per heavy atom. The second kappa shape index (κ2) is 8.50. The highest BCUT2D eigenvalue weighted by molar-refractivity contribution is 5.95. The van der Waals surface area contributed by atoms with E-state index >= 15 is 0 Å². The van der Waals surface area contributed by atoms with Crippen LogP contribution in [-0.2, 0) is 11.3 Å². The molecule has 0 saturated carbocycles. The zero-order valence-electron chi connectivity index (χ0n) is 16.1. The van der Waals surface area contributed by atoms with E-state index in [4.69, 9.17) is 0 Å². The van der Waals surface area contributed by atoms with Gasteiger partial charge in [-0.3, -0.25) is 9.59 Å². The lowest BCUT2D eigenvalue weighted by molar-refractivity contribution is -0.133. The van der Waals surface area contributed by atoms with Crippen LogP contribution in [0.4, 0.5) is 8.78 Å². The van der Waals surface area contributed by atoms with Gasteiger partial charge in [-0.1, -0.05) is 43.3 Å². The third kappa shape index (κ3) is 4.06. The number of aryl methyl sites for hydroxylation is 1. The van der Waals surface area contributed by atoms with Crippen LogP contribution in [0.2, 0.25) is 0 Å². The minimum absolute atomic E-state index is 0.0402. The fourth-order valence-corrected chi connectivity index (χ4v) is 3.53. The Kier molecular flexibility index (Phi) is 6.07. The lowest BCUT2D eigenvalue weighted by Gasteiger charge is -2.31. The summed E-state index contributed by atoms with van der Waals surface area (Å²) in [6.07, 6.45) is 0.818. The summed E-state index contributed by atoms with van der Waals surface area (Å²) in [4.78, 5) is 28.8. The average Bonchev–Trinajstić information content (AvgIpc) is 2.86. The highest BCUT2D eigenvalue weighted by atomic mass is 19.2. The maximum atomic E-state index is 14.3. The van der Waals surface area contributed by atoms with Crippen molar-refractivity contribution in [1.29, 1.82) is 0 Å². The molecule has 1 aliphatic heterocycles. The summed E-state index contributed by atoms with van der Waals surface area (Å²) >= 11 is 0.